The van der Waals surface area contributed by atoms with Gasteiger partial charge in [0.15, 0.2) is 0 Å². The van der Waals surface area contributed by atoms with Crippen molar-refractivity contribution in [2.45, 2.75) is 26.4 Å². The average molecular weight is 328 g/mol. The molecule has 0 saturated carbocycles. The molecular weight excluding hydrogens is 308 g/mol. The van der Waals surface area contributed by atoms with Gasteiger partial charge in [-0.05, 0) is 37.6 Å². The van der Waals surface area contributed by atoms with Crippen molar-refractivity contribution in [2.24, 2.45) is 0 Å². The molecule has 0 radical (unpaired) electrons. The molecule has 1 aromatic carbocycles. The monoisotopic (exact) mass is 328 g/mol. The molecule has 3 aromatic rings. The quantitative estimate of drug-likeness (QED) is 0.757. The normalized spacial score (nSPS) is 12.4. The molecule has 0 aliphatic carbocycles. The number of rotatable bonds is 6. The zero-order chi connectivity index (χ0) is 16.2. The van der Waals surface area contributed by atoms with Crippen LogP contribution in [0.2, 0.25) is 0 Å². The van der Waals surface area contributed by atoms with Crippen LogP contribution in [0, 0.1) is 6.92 Å². The highest BCUT2D eigenvalue weighted by Gasteiger charge is 2.07. The second kappa shape index (κ2) is 6.93. The molecule has 5 nitrogen and oxygen atoms in total. The summed E-state index contributed by atoms with van der Waals surface area (Å²) in [5.74, 6) is 0. The SMILES string of the molecule is Cc1csc(=O)n1CCNC(C)c1ccc(-n2cccn2)cc1. The number of benzene rings is 1. The molecule has 0 fully saturated rings. The third-order valence-electron chi connectivity index (χ3n) is 3.92. The van der Waals surface area contributed by atoms with E-state index in [1.54, 1.807) is 6.20 Å². The Morgan fingerprint density at radius 3 is 2.70 bits per heavy atom. The molecule has 0 saturated heterocycles. The Labute approximate surface area is 139 Å². The van der Waals surface area contributed by atoms with E-state index in [9.17, 15) is 4.79 Å². The first kappa shape index (κ1) is 15.7. The highest BCUT2D eigenvalue weighted by Crippen LogP contribution is 2.15. The summed E-state index contributed by atoms with van der Waals surface area (Å²) < 4.78 is 3.65. The number of hydrogen-bond acceptors (Lipinski definition) is 4. The van der Waals surface area contributed by atoms with E-state index in [1.165, 1.54) is 16.9 Å². The summed E-state index contributed by atoms with van der Waals surface area (Å²) in [6, 6.07) is 10.5. The van der Waals surface area contributed by atoms with Crippen molar-refractivity contribution < 1.29 is 0 Å². The molecule has 2 heterocycles. The molecule has 1 unspecified atom stereocenters. The largest absolute Gasteiger partial charge is 0.308 e. The van der Waals surface area contributed by atoms with Gasteiger partial charge >= 0.3 is 4.87 Å². The smallest absolute Gasteiger partial charge is 0.307 e. The maximum absolute atomic E-state index is 11.7. The lowest BCUT2D eigenvalue weighted by Gasteiger charge is -2.15. The molecule has 2 aromatic heterocycles. The molecule has 120 valence electrons. The van der Waals surface area contributed by atoms with Gasteiger partial charge in [0.05, 0.1) is 5.69 Å². The Balaban J connectivity index is 1.58. The fourth-order valence-corrected chi connectivity index (χ4v) is 3.28. The molecule has 1 N–H and O–H groups in total. The van der Waals surface area contributed by atoms with Crippen molar-refractivity contribution in [1.82, 2.24) is 19.7 Å². The Morgan fingerprint density at radius 1 is 1.30 bits per heavy atom. The lowest BCUT2D eigenvalue weighted by molar-refractivity contribution is 0.524. The average Bonchev–Trinajstić information content (AvgIpc) is 3.20. The van der Waals surface area contributed by atoms with Gasteiger partial charge in [-0.2, -0.15) is 5.10 Å². The van der Waals surface area contributed by atoms with Crippen LogP contribution < -0.4 is 10.2 Å². The summed E-state index contributed by atoms with van der Waals surface area (Å²) >= 11 is 1.26. The van der Waals surface area contributed by atoms with Crippen LogP contribution in [-0.2, 0) is 6.54 Å². The number of aryl methyl sites for hydroxylation is 1. The molecule has 23 heavy (non-hydrogen) atoms. The van der Waals surface area contributed by atoms with Gasteiger partial charge in [0.25, 0.3) is 0 Å². The van der Waals surface area contributed by atoms with Crippen LogP contribution in [0.25, 0.3) is 5.69 Å². The van der Waals surface area contributed by atoms with Crippen molar-refractivity contribution in [2.75, 3.05) is 6.54 Å². The summed E-state index contributed by atoms with van der Waals surface area (Å²) in [7, 11) is 0. The third-order valence-corrected chi connectivity index (χ3v) is 4.81. The minimum Gasteiger partial charge on any atom is -0.308 e. The van der Waals surface area contributed by atoms with Crippen LogP contribution in [0.3, 0.4) is 0 Å². The van der Waals surface area contributed by atoms with Crippen LogP contribution >= 0.6 is 11.3 Å². The maximum atomic E-state index is 11.7. The molecule has 6 heteroatoms. The van der Waals surface area contributed by atoms with Gasteiger partial charge in [0.2, 0.25) is 0 Å². The number of thiazole rings is 1. The first-order valence-corrected chi connectivity index (χ1v) is 8.51. The first-order chi connectivity index (χ1) is 11.1. The second-order valence-electron chi connectivity index (χ2n) is 5.51. The van der Waals surface area contributed by atoms with Crippen LogP contribution in [0.5, 0.6) is 0 Å². The fourth-order valence-electron chi connectivity index (χ4n) is 2.52. The lowest BCUT2D eigenvalue weighted by Crippen LogP contribution is -2.27. The molecule has 0 bridgehead atoms. The molecule has 0 spiro atoms. The van der Waals surface area contributed by atoms with Crippen LogP contribution in [-0.4, -0.2) is 20.9 Å². The highest BCUT2D eigenvalue weighted by atomic mass is 32.1. The Hall–Kier alpha value is -2.18. The van der Waals surface area contributed by atoms with Crippen LogP contribution in [0.1, 0.15) is 24.2 Å². The van der Waals surface area contributed by atoms with E-state index < -0.39 is 0 Å². The summed E-state index contributed by atoms with van der Waals surface area (Å²) in [5.41, 5.74) is 3.29. The van der Waals surface area contributed by atoms with Crippen molar-refractivity contribution in [3.8, 4) is 5.69 Å². The lowest BCUT2D eigenvalue weighted by atomic mass is 10.1. The standard InChI is InChI=1S/C17H20N4OS/c1-13-12-23-17(22)20(13)11-9-18-14(2)15-4-6-16(7-5-15)21-10-3-8-19-21/h3-8,10,12,14,18H,9,11H2,1-2H3. The van der Waals surface area contributed by atoms with Crippen molar-refractivity contribution in [3.63, 3.8) is 0 Å². The zero-order valence-electron chi connectivity index (χ0n) is 13.3. The van der Waals surface area contributed by atoms with E-state index in [0.29, 0.717) is 6.54 Å². The summed E-state index contributed by atoms with van der Waals surface area (Å²) in [4.78, 5) is 11.8. The number of hydrogen-bond donors (Lipinski definition) is 1. The van der Waals surface area contributed by atoms with E-state index in [1.807, 2.05) is 33.8 Å². The first-order valence-electron chi connectivity index (χ1n) is 7.63. The molecule has 3 rings (SSSR count). The summed E-state index contributed by atoms with van der Waals surface area (Å²) in [6.45, 7) is 5.56. The van der Waals surface area contributed by atoms with Crippen molar-refractivity contribution >= 4 is 11.3 Å². The van der Waals surface area contributed by atoms with Crippen LogP contribution in [0.4, 0.5) is 0 Å². The second-order valence-corrected chi connectivity index (χ2v) is 6.33. The Kier molecular flexibility index (Phi) is 4.73. The van der Waals surface area contributed by atoms with E-state index >= 15 is 0 Å². The predicted octanol–water partition coefficient (Wildman–Crippen LogP) is 2.75. The fraction of sp³-hybridized carbons (Fsp3) is 0.294. The minimum atomic E-state index is 0.112. The van der Waals surface area contributed by atoms with E-state index in [2.05, 4.69) is 41.6 Å². The maximum Gasteiger partial charge on any atom is 0.307 e. The highest BCUT2D eigenvalue weighted by molar-refractivity contribution is 7.07. The molecule has 0 amide bonds. The van der Waals surface area contributed by atoms with Crippen molar-refractivity contribution in [3.05, 3.63) is 69.0 Å². The summed E-state index contributed by atoms with van der Waals surface area (Å²) in [6.07, 6.45) is 3.70. The van der Waals surface area contributed by atoms with Gasteiger partial charge in [0.1, 0.15) is 0 Å². The predicted molar refractivity (Wildman–Crippen MR) is 93.3 cm³/mol. The zero-order valence-corrected chi connectivity index (χ0v) is 14.1. The van der Waals surface area contributed by atoms with Gasteiger partial charge in [-0.15, -0.1) is 0 Å². The topological polar surface area (TPSA) is 51.9 Å². The Morgan fingerprint density at radius 2 is 2.09 bits per heavy atom. The number of nitrogens with zero attached hydrogens (tertiary/aromatic N) is 3. The van der Waals surface area contributed by atoms with Gasteiger partial charge < -0.3 is 9.88 Å². The number of aromatic nitrogens is 3. The summed E-state index contributed by atoms with van der Waals surface area (Å²) in [5, 5.41) is 9.60. The molecule has 0 aliphatic heterocycles. The molecular formula is C17H20N4OS. The third kappa shape index (κ3) is 3.60. The van der Waals surface area contributed by atoms with Crippen molar-refractivity contribution in [1.29, 1.82) is 0 Å². The molecule has 1 atom stereocenters. The van der Waals surface area contributed by atoms with E-state index in [-0.39, 0.29) is 10.9 Å². The minimum absolute atomic E-state index is 0.112. The molecule has 0 aliphatic rings. The van der Waals surface area contributed by atoms with Gasteiger partial charge in [-0.25, -0.2) is 4.68 Å². The van der Waals surface area contributed by atoms with E-state index in [4.69, 9.17) is 0 Å². The Bertz CT molecular complexity index is 802. The van der Waals surface area contributed by atoms with Gasteiger partial charge in [-0.1, -0.05) is 23.5 Å². The van der Waals surface area contributed by atoms with Gasteiger partial charge in [-0.3, -0.25) is 4.79 Å². The van der Waals surface area contributed by atoms with E-state index in [0.717, 1.165) is 17.9 Å². The van der Waals surface area contributed by atoms with Gasteiger partial charge in [0, 0.05) is 42.6 Å². The van der Waals surface area contributed by atoms with Crippen LogP contribution in [0.15, 0.2) is 52.9 Å². The number of nitrogens with one attached hydrogen (secondary N) is 1.